The van der Waals surface area contributed by atoms with Crippen LogP contribution in [0.3, 0.4) is 0 Å². The first-order valence-electron chi connectivity index (χ1n) is 9.89. The lowest BCUT2D eigenvalue weighted by atomic mass is 10.0. The summed E-state index contributed by atoms with van der Waals surface area (Å²) in [5, 5.41) is 25.7. The number of amides is 3. The van der Waals surface area contributed by atoms with Gasteiger partial charge in [0.25, 0.3) is 0 Å². The molecule has 10 nitrogen and oxygen atoms in total. The fraction of sp³-hybridized carbons (Fsp3) is 0.273. The Morgan fingerprint density at radius 3 is 1.94 bits per heavy atom. The van der Waals surface area contributed by atoms with Gasteiger partial charge in [-0.1, -0.05) is 42.5 Å². The van der Waals surface area contributed by atoms with Gasteiger partial charge in [-0.05, 0) is 23.3 Å². The van der Waals surface area contributed by atoms with Crippen LogP contribution >= 0.6 is 0 Å². The number of carboxylic acid groups (broad SMARTS) is 1. The highest BCUT2D eigenvalue weighted by atomic mass is 16.4. The molecule has 2 unspecified atom stereocenters. The second kappa shape index (κ2) is 12.1. The van der Waals surface area contributed by atoms with Gasteiger partial charge < -0.3 is 31.9 Å². The molecule has 32 heavy (non-hydrogen) atoms. The Morgan fingerprint density at radius 2 is 1.38 bits per heavy atom. The molecule has 10 heteroatoms. The zero-order chi connectivity index (χ0) is 23.5. The van der Waals surface area contributed by atoms with Gasteiger partial charge in [0.1, 0.15) is 24.4 Å². The lowest BCUT2D eigenvalue weighted by Crippen LogP contribution is -2.56. The van der Waals surface area contributed by atoms with E-state index >= 15 is 0 Å². The number of carbonyl (C=O) groups is 4. The molecule has 0 fully saturated rings. The number of hydrogen-bond donors (Lipinski definition) is 6. The van der Waals surface area contributed by atoms with Crippen LogP contribution in [0, 0.1) is 0 Å². The molecule has 0 aliphatic heterocycles. The fourth-order valence-corrected chi connectivity index (χ4v) is 2.95. The van der Waals surface area contributed by atoms with Gasteiger partial charge in [-0.2, -0.15) is 0 Å². The molecular weight excluding hydrogens is 416 g/mol. The van der Waals surface area contributed by atoms with Crippen LogP contribution in [-0.4, -0.2) is 59.1 Å². The van der Waals surface area contributed by atoms with Crippen molar-refractivity contribution in [3.63, 3.8) is 0 Å². The first-order valence-corrected chi connectivity index (χ1v) is 9.89. The van der Waals surface area contributed by atoms with Crippen molar-refractivity contribution in [3.8, 4) is 5.75 Å². The minimum atomic E-state index is -1.22. The fourth-order valence-electron chi connectivity index (χ4n) is 2.95. The third-order valence-corrected chi connectivity index (χ3v) is 4.54. The molecule has 0 spiro atoms. The van der Waals surface area contributed by atoms with Crippen LogP contribution in [0.5, 0.6) is 5.75 Å². The van der Waals surface area contributed by atoms with Crippen molar-refractivity contribution >= 4 is 23.7 Å². The van der Waals surface area contributed by atoms with Gasteiger partial charge >= 0.3 is 5.97 Å². The molecule has 2 aromatic rings. The summed E-state index contributed by atoms with van der Waals surface area (Å²) in [6.45, 7) is -0.924. The Bertz CT molecular complexity index is 933. The predicted octanol–water partition coefficient (Wildman–Crippen LogP) is -0.693. The average Bonchev–Trinajstić information content (AvgIpc) is 2.78. The second-order valence-corrected chi connectivity index (χ2v) is 7.06. The van der Waals surface area contributed by atoms with E-state index in [2.05, 4.69) is 16.0 Å². The topological polar surface area (TPSA) is 171 Å². The zero-order valence-electron chi connectivity index (χ0n) is 17.3. The Morgan fingerprint density at radius 1 is 0.812 bits per heavy atom. The maximum absolute atomic E-state index is 13.0. The summed E-state index contributed by atoms with van der Waals surface area (Å²) in [5.74, 6) is -3.02. The van der Waals surface area contributed by atoms with Gasteiger partial charge in [0, 0.05) is 12.8 Å². The molecule has 7 N–H and O–H groups in total. The normalized spacial score (nSPS) is 12.3. The zero-order valence-corrected chi connectivity index (χ0v) is 17.3. The van der Waals surface area contributed by atoms with Gasteiger partial charge in [-0.3, -0.25) is 19.2 Å². The molecule has 0 bridgehead atoms. The number of aromatic hydroxyl groups is 1. The third kappa shape index (κ3) is 8.07. The van der Waals surface area contributed by atoms with Crippen LogP contribution < -0.4 is 21.7 Å². The smallest absolute Gasteiger partial charge is 0.322 e. The summed E-state index contributed by atoms with van der Waals surface area (Å²) in [7, 11) is 0. The van der Waals surface area contributed by atoms with Gasteiger partial charge in [0.2, 0.25) is 17.7 Å². The van der Waals surface area contributed by atoms with Gasteiger partial charge in [-0.15, -0.1) is 0 Å². The predicted molar refractivity (Wildman–Crippen MR) is 116 cm³/mol. The number of nitrogens with one attached hydrogen (secondary N) is 3. The number of phenolic OH excluding ortho intramolecular Hbond substituents is 1. The van der Waals surface area contributed by atoms with Crippen molar-refractivity contribution in [1.82, 2.24) is 16.0 Å². The molecule has 0 aliphatic carbocycles. The van der Waals surface area contributed by atoms with Crippen LogP contribution in [0.1, 0.15) is 11.1 Å². The van der Waals surface area contributed by atoms with Crippen molar-refractivity contribution in [2.24, 2.45) is 5.73 Å². The standard InChI is InChI=1S/C22H26N4O6/c23-12-19(28)25-18(11-15-6-8-16(27)9-7-15)22(32)26-17(21(31)24-13-20(29)30)10-14-4-2-1-3-5-14/h1-9,17-18,27H,10-13,23H2,(H,24,31)(H,25,28)(H,26,32)(H,29,30). The van der Waals surface area contributed by atoms with Crippen LogP contribution in [0.2, 0.25) is 0 Å². The van der Waals surface area contributed by atoms with E-state index in [9.17, 15) is 24.3 Å². The van der Waals surface area contributed by atoms with E-state index in [1.165, 1.54) is 12.1 Å². The average molecular weight is 442 g/mol. The first kappa shape index (κ1) is 24.4. The van der Waals surface area contributed by atoms with Crippen LogP contribution in [-0.2, 0) is 32.0 Å². The molecule has 0 radical (unpaired) electrons. The molecule has 2 aromatic carbocycles. The summed E-state index contributed by atoms with van der Waals surface area (Å²) < 4.78 is 0. The number of carboxylic acids is 1. The Kier molecular flexibility index (Phi) is 9.18. The summed E-state index contributed by atoms with van der Waals surface area (Å²) in [4.78, 5) is 48.2. The lowest BCUT2D eigenvalue weighted by Gasteiger charge is -2.23. The van der Waals surface area contributed by atoms with E-state index in [1.807, 2.05) is 0 Å². The van der Waals surface area contributed by atoms with Crippen LogP contribution in [0.4, 0.5) is 0 Å². The number of aliphatic carboxylic acids is 1. The number of phenols is 1. The number of benzene rings is 2. The molecule has 0 aliphatic rings. The second-order valence-electron chi connectivity index (χ2n) is 7.06. The van der Waals surface area contributed by atoms with Crippen molar-refractivity contribution in [2.75, 3.05) is 13.1 Å². The molecule has 3 amide bonds. The van der Waals surface area contributed by atoms with Crippen molar-refractivity contribution in [1.29, 1.82) is 0 Å². The molecular formula is C22H26N4O6. The summed E-state index contributed by atoms with van der Waals surface area (Å²) in [6.07, 6.45) is 0.210. The molecule has 2 rings (SSSR count). The molecule has 0 heterocycles. The SMILES string of the molecule is NCC(=O)NC(Cc1ccc(O)cc1)C(=O)NC(Cc1ccccc1)C(=O)NCC(=O)O. The lowest BCUT2D eigenvalue weighted by molar-refractivity contribution is -0.138. The first-order chi connectivity index (χ1) is 15.3. The summed E-state index contributed by atoms with van der Waals surface area (Å²) in [5.41, 5.74) is 6.77. The number of carbonyl (C=O) groups excluding carboxylic acids is 3. The van der Waals surface area contributed by atoms with E-state index in [-0.39, 0.29) is 25.1 Å². The van der Waals surface area contributed by atoms with Crippen LogP contribution in [0.25, 0.3) is 0 Å². The maximum Gasteiger partial charge on any atom is 0.322 e. The molecule has 170 valence electrons. The van der Waals surface area contributed by atoms with E-state index in [1.54, 1.807) is 42.5 Å². The summed E-state index contributed by atoms with van der Waals surface area (Å²) in [6, 6.07) is 12.9. The summed E-state index contributed by atoms with van der Waals surface area (Å²) >= 11 is 0. The molecule has 2 atom stereocenters. The number of rotatable bonds is 11. The third-order valence-electron chi connectivity index (χ3n) is 4.54. The number of hydrogen-bond acceptors (Lipinski definition) is 6. The monoisotopic (exact) mass is 442 g/mol. The minimum Gasteiger partial charge on any atom is -0.508 e. The van der Waals surface area contributed by atoms with Crippen LogP contribution in [0.15, 0.2) is 54.6 Å². The molecule has 0 aromatic heterocycles. The van der Waals surface area contributed by atoms with E-state index < -0.39 is 42.3 Å². The van der Waals surface area contributed by atoms with Gasteiger partial charge in [0.05, 0.1) is 6.54 Å². The highest BCUT2D eigenvalue weighted by molar-refractivity contribution is 5.93. The van der Waals surface area contributed by atoms with Crippen molar-refractivity contribution in [2.45, 2.75) is 24.9 Å². The highest BCUT2D eigenvalue weighted by Crippen LogP contribution is 2.12. The maximum atomic E-state index is 13.0. The van der Waals surface area contributed by atoms with E-state index in [0.717, 1.165) is 5.56 Å². The quantitative estimate of drug-likeness (QED) is 0.267. The van der Waals surface area contributed by atoms with E-state index in [4.69, 9.17) is 10.8 Å². The van der Waals surface area contributed by atoms with Gasteiger partial charge in [-0.25, -0.2) is 0 Å². The van der Waals surface area contributed by atoms with Crippen molar-refractivity contribution < 1.29 is 29.4 Å². The number of nitrogens with two attached hydrogens (primary N) is 1. The van der Waals surface area contributed by atoms with E-state index in [0.29, 0.717) is 5.56 Å². The largest absolute Gasteiger partial charge is 0.508 e. The highest BCUT2D eigenvalue weighted by Gasteiger charge is 2.27. The Balaban J connectivity index is 2.19. The Labute approximate surface area is 184 Å². The molecule has 0 saturated carbocycles. The van der Waals surface area contributed by atoms with Gasteiger partial charge in [0.15, 0.2) is 0 Å². The van der Waals surface area contributed by atoms with Crippen molar-refractivity contribution in [3.05, 3.63) is 65.7 Å². The minimum absolute atomic E-state index is 0.0544. The molecule has 0 saturated heterocycles. The Hall–Kier alpha value is -3.92.